The number of hydrogen-bond donors (Lipinski definition) is 1. The minimum Gasteiger partial charge on any atom is -0.384 e. The van der Waals surface area contributed by atoms with E-state index in [4.69, 9.17) is 10.5 Å². The summed E-state index contributed by atoms with van der Waals surface area (Å²) in [6.07, 6.45) is 4.81. The Morgan fingerprint density at radius 3 is 3.00 bits per heavy atom. The second kappa shape index (κ2) is 6.81. The van der Waals surface area contributed by atoms with Crippen LogP contribution in [0.2, 0.25) is 0 Å². The lowest BCUT2D eigenvalue weighted by Crippen LogP contribution is -2.38. The second-order valence-corrected chi connectivity index (χ2v) is 5.83. The van der Waals surface area contributed by atoms with Crippen molar-refractivity contribution in [2.24, 2.45) is 5.73 Å². The zero-order valence-electron chi connectivity index (χ0n) is 11.5. The molecule has 1 aliphatic heterocycles. The lowest BCUT2D eigenvalue weighted by molar-refractivity contribution is -0.136. The summed E-state index contributed by atoms with van der Waals surface area (Å²) in [4.78, 5) is 29.9. The number of thiazole rings is 1. The maximum atomic E-state index is 12.2. The maximum Gasteiger partial charge on any atom is 0.260 e. The van der Waals surface area contributed by atoms with Crippen molar-refractivity contribution in [2.75, 3.05) is 20.3 Å². The molecule has 1 atom stereocenters. The number of rotatable bonds is 5. The Bertz CT molecular complexity index is 489. The number of carbonyl (C=O) groups excluding carboxylic acids is 2. The topological polar surface area (TPSA) is 85.5 Å². The smallest absolute Gasteiger partial charge is 0.260 e. The summed E-state index contributed by atoms with van der Waals surface area (Å²) in [5.41, 5.74) is 5.25. The van der Waals surface area contributed by atoms with Gasteiger partial charge in [0.2, 0.25) is 5.91 Å². The number of amides is 2. The SMILES string of the molecule is COCCC(=O)N1CCCC[C@H]1c1ncc(C(N)=O)s1. The van der Waals surface area contributed by atoms with Crippen molar-refractivity contribution < 1.29 is 14.3 Å². The molecule has 0 radical (unpaired) electrons. The number of nitrogens with zero attached hydrogens (tertiary/aromatic N) is 2. The third-order valence-corrected chi connectivity index (χ3v) is 4.51. The van der Waals surface area contributed by atoms with Gasteiger partial charge in [0, 0.05) is 13.7 Å². The van der Waals surface area contributed by atoms with E-state index in [9.17, 15) is 9.59 Å². The third kappa shape index (κ3) is 3.34. The Balaban J connectivity index is 2.13. The van der Waals surface area contributed by atoms with E-state index < -0.39 is 5.91 Å². The van der Waals surface area contributed by atoms with Crippen molar-refractivity contribution >= 4 is 23.2 Å². The molecule has 2 heterocycles. The number of primary amides is 1. The van der Waals surface area contributed by atoms with E-state index >= 15 is 0 Å². The van der Waals surface area contributed by atoms with Gasteiger partial charge in [-0.05, 0) is 19.3 Å². The summed E-state index contributed by atoms with van der Waals surface area (Å²) in [6.45, 7) is 1.16. The number of hydrogen-bond acceptors (Lipinski definition) is 5. The van der Waals surface area contributed by atoms with E-state index in [0.29, 0.717) is 17.9 Å². The number of nitrogens with two attached hydrogens (primary N) is 1. The first-order valence-electron chi connectivity index (χ1n) is 6.67. The molecule has 110 valence electrons. The normalized spacial score (nSPS) is 19.1. The number of likely N-dealkylation sites (tertiary alicyclic amines) is 1. The molecule has 1 saturated heterocycles. The van der Waals surface area contributed by atoms with E-state index in [-0.39, 0.29) is 11.9 Å². The highest BCUT2D eigenvalue weighted by atomic mass is 32.1. The Labute approximate surface area is 121 Å². The summed E-state index contributed by atoms with van der Waals surface area (Å²) >= 11 is 1.28. The van der Waals surface area contributed by atoms with E-state index in [1.165, 1.54) is 17.5 Å². The molecule has 2 rings (SSSR count). The maximum absolute atomic E-state index is 12.2. The van der Waals surface area contributed by atoms with Crippen molar-refractivity contribution in [3.05, 3.63) is 16.1 Å². The highest BCUT2D eigenvalue weighted by molar-refractivity contribution is 7.13. The number of methoxy groups -OCH3 is 1. The van der Waals surface area contributed by atoms with Gasteiger partial charge in [0.15, 0.2) is 0 Å². The number of piperidine rings is 1. The fraction of sp³-hybridized carbons (Fsp3) is 0.615. The van der Waals surface area contributed by atoms with Crippen LogP contribution < -0.4 is 5.73 Å². The Morgan fingerprint density at radius 1 is 1.55 bits per heavy atom. The van der Waals surface area contributed by atoms with Gasteiger partial charge in [-0.25, -0.2) is 4.98 Å². The zero-order valence-corrected chi connectivity index (χ0v) is 12.3. The summed E-state index contributed by atoms with van der Waals surface area (Å²) in [5, 5.41) is 0.796. The van der Waals surface area contributed by atoms with Gasteiger partial charge in [-0.15, -0.1) is 11.3 Å². The first-order valence-corrected chi connectivity index (χ1v) is 7.49. The van der Waals surface area contributed by atoms with Crippen molar-refractivity contribution in [2.45, 2.75) is 31.7 Å². The van der Waals surface area contributed by atoms with Crippen LogP contribution in [0.3, 0.4) is 0 Å². The van der Waals surface area contributed by atoms with Crippen LogP contribution >= 0.6 is 11.3 Å². The molecule has 20 heavy (non-hydrogen) atoms. The van der Waals surface area contributed by atoms with Crippen molar-refractivity contribution in [3.63, 3.8) is 0 Å². The Morgan fingerprint density at radius 2 is 2.35 bits per heavy atom. The van der Waals surface area contributed by atoms with E-state index in [1.54, 1.807) is 7.11 Å². The van der Waals surface area contributed by atoms with Gasteiger partial charge in [0.25, 0.3) is 5.91 Å². The Hall–Kier alpha value is -1.47. The van der Waals surface area contributed by atoms with E-state index in [0.717, 1.165) is 30.8 Å². The molecule has 0 unspecified atom stereocenters. The molecule has 0 saturated carbocycles. The van der Waals surface area contributed by atoms with Gasteiger partial charge in [-0.1, -0.05) is 0 Å². The first-order chi connectivity index (χ1) is 9.63. The van der Waals surface area contributed by atoms with Crippen LogP contribution in [0.4, 0.5) is 0 Å². The molecule has 1 aromatic heterocycles. The molecule has 0 aromatic carbocycles. The lowest BCUT2D eigenvalue weighted by atomic mass is 10.0. The van der Waals surface area contributed by atoms with Crippen LogP contribution in [0.15, 0.2) is 6.20 Å². The molecule has 1 fully saturated rings. The van der Waals surface area contributed by atoms with Crippen molar-refractivity contribution in [1.82, 2.24) is 9.88 Å². The highest BCUT2D eigenvalue weighted by Gasteiger charge is 2.30. The molecule has 0 aliphatic carbocycles. The van der Waals surface area contributed by atoms with E-state index in [1.807, 2.05) is 4.90 Å². The zero-order chi connectivity index (χ0) is 14.5. The van der Waals surface area contributed by atoms with E-state index in [2.05, 4.69) is 4.98 Å². The van der Waals surface area contributed by atoms with Crippen LogP contribution in [-0.2, 0) is 9.53 Å². The van der Waals surface area contributed by atoms with Gasteiger partial charge < -0.3 is 15.4 Å². The molecule has 1 aliphatic rings. The van der Waals surface area contributed by atoms with Gasteiger partial charge in [-0.3, -0.25) is 9.59 Å². The average Bonchev–Trinajstić information content (AvgIpc) is 2.94. The summed E-state index contributed by atoms with van der Waals surface area (Å²) in [5.74, 6) is -0.394. The molecule has 0 spiro atoms. The summed E-state index contributed by atoms with van der Waals surface area (Å²) in [6, 6.07) is -0.0359. The molecule has 7 heteroatoms. The Kier molecular flexibility index (Phi) is 5.08. The fourth-order valence-electron chi connectivity index (χ4n) is 2.38. The predicted molar refractivity (Wildman–Crippen MR) is 75.4 cm³/mol. The first kappa shape index (κ1) is 14.9. The predicted octanol–water partition coefficient (Wildman–Crippen LogP) is 1.33. The van der Waals surface area contributed by atoms with Gasteiger partial charge >= 0.3 is 0 Å². The van der Waals surface area contributed by atoms with Crippen LogP contribution in [0, 0.1) is 0 Å². The van der Waals surface area contributed by atoms with Gasteiger partial charge in [0.1, 0.15) is 9.88 Å². The molecule has 1 aromatic rings. The summed E-state index contributed by atoms with van der Waals surface area (Å²) in [7, 11) is 1.58. The average molecular weight is 297 g/mol. The summed E-state index contributed by atoms with van der Waals surface area (Å²) < 4.78 is 4.96. The van der Waals surface area contributed by atoms with Gasteiger partial charge in [0.05, 0.1) is 25.3 Å². The van der Waals surface area contributed by atoms with Gasteiger partial charge in [-0.2, -0.15) is 0 Å². The number of aromatic nitrogens is 1. The minimum absolute atomic E-state index is 0.0359. The molecular weight excluding hydrogens is 278 g/mol. The standard InChI is InChI=1S/C13H19N3O3S/c1-19-7-5-11(17)16-6-3-2-4-9(16)13-15-8-10(20-13)12(14)18/h8-9H,2-7H2,1H3,(H2,14,18)/t9-/m0/s1. The molecular formula is C13H19N3O3S. The monoisotopic (exact) mass is 297 g/mol. The minimum atomic E-state index is -0.471. The van der Waals surface area contributed by atoms with Crippen LogP contribution in [0.25, 0.3) is 0 Å². The number of ether oxygens (including phenoxy) is 1. The third-order valence-electron chi connectivity index (χ3n) is 3.39. The molecule has 6 nitrogen and oxygen atoms in total. The highest BCUT2D eigenvalue weighted by Crippen LogP contribution is 2.33. The molecule has 0 bridgehead atoms. The van der Waals surface area contributed by atoms with Crippen molar-refractivity contribution in [1.29, 1.82) is 0 Å². The quantitative estimate of drug-likeness (QED) is 0.888. The van der Waals surface area contributed by atoms with Crippen LogP contribution in [0.1, 0.15) is 46.4 Å². The van der Waals surface area contributed by atoms with Crippen molar-refractivity contribution in [3.8, 4) is 0 Å². The molecule has 2 N–H and O–H groups in total. The van der Waals surface area contributed by atoms with Crippen LogP contribution in [-0.4, -0.2) is 42.0 Å². The second-order valence-electron chi connectivity index (χ2n) is 4.77. The molecule has 2 amide bonds. The van der Waals surface area contributed by atoms with Crippen LogP contribution in [0.5, 0.6) is 0 Å². The fourth-order valence-corrected chi connectivity index (χ4v) is 3.29. The lowest BCUT2D eigenvalue weighted by Gasteiger charge is -2.34. The number of carbonyl (C=O) groups is 2. The largest absolute Gasteiger partial charge is 0.384 e.